The van der Waals surface area contributed by atoms with Crippen LogP contribution >= 0.6 is 0 Å². The van der Waals surface area contributed by atoms with Gasteiger partial charge in [-0.25, -0.2) is 4.79 Å². The number of rotatable bonds is 10. The highest BCUT2D eigenvalue weighted by atomic mass is 16.4. The maximum atomic E-state index is 12.9. The SMILES string of the molecule is CC(C)CC(NC(=O)C(N)C(C)C)C(=O)NC(Cc1c[nH]c2ccccc12)C(=O)O. The molecule has 0 saturated carbocycles. The first-order valence-electron chi connectivity index (χ1n) is 10.2. The minimum Gasteiger partial charge on any atom is -0.480 e. The number of fused-ring (bicyclic) bond motifs is 1. The Morgan fingerprint density at radius 3 is 2.27 bits per heavy atom. The molecule has 1 heterocycles. The first-order valence-corrected chi connectivity index (χ1v) is 10.2. The molecule has 3 atom stereocenters. The number of aromatic nitrogens is 1. The zero-order valence-corrected chi connectivity index (χ0v) is 17.9. The fraction of sp³-hybridized carbons (Fsp3) is 0.500. The van der Waals surface area contributed by atoms with Gasteiger partial charge in [0.1, 0.15) is 12.1 Å². The number of carboxylic acid groups (broad SMARTS) is 1. The second-order valence-corrected chi connectivity index (χ2v) is 8.42. The van der Waals surface area contributed by atoms with E-state index in [0.717, 1.165) is 16.5 Å². The van der Waals surface area contributed by atoms with Crippen LogP contribution in [0.2, 0.25) is 0 Å². The lowest BCUT2D eigenvalue weighted by molar-refractivity contribution is -0.142. The van der Waals surface area contributed by atoms with Crippen LogP contribution < -0.4 is 16.4 Å². The van der Waals surface area contributed by atoms with Gasteiger partial charge < -0.3 is 26.5 Å². The molecule has 6 N–H and O–H groups in total. The third-order valence-corrected chi connectivity index (χ3v) is 5.07. The number of nitrogens with one attached hydrogen (secondary N) is 3. The van der Waals surface area contributed by atoms with Crippen LogP contribution in [-0.4, -0.2) is 46.0 Å². The Morgan fingerprint density at radius 2 is 1.67 bits per heavy atom. The highest BCUT2D eigenvalue weighted by Crippen LogP contribution is 2.19. The molecule has 8 nitrogen and oxygen atoms in total. The number of hydrogen-bond acceptors (Lipinski definition) is 4. The number of amides is 2. The standard InChI is InChI=1S/C22H32N4O4/c1-12(2)9-17(25-21(28)19(23)13(3)4)20(27)26-18(22(29)30)10-14-11-24-16-8-6-5-7-15(14)16/h5-8,11-13,17-19,24H,9-10,23H2,1-4H3,(H,25,28)(H,26,27)(H,29,30). The summed E-state index contributed by atoms with van der Waals surface area (Å²) in [6.07, 6.45) is 2.25. The summed E-state index contributed by atoms with van der Waals surface area (Å²) in [7, 11) is 0. The van der Waals surface area contributed by atoms with Gasteiger partial charge >= 0.3 is 5.97 Å². The first-order chi connectivity index (χ1) is 14.1. The van der Waals surface area contributed by atoms with Crippen LogP contribution in [0.15, 0.2) is 30.5 Å². The molecule has 30 heavy (non-hydrogen) atoms. The van der Waals surface area contributed by atoms with Crippen molar-refractivity contribution in [2.24, 2.45) is 17.6 Å². The van der Waals surface area contributed by atoms with Gasteiger partial charge in [0.15, 0.2) is 0 Å². The van der Waals surface area contributed by atoms with Crippen molar-refractivity contribution in [2.75, 3.05) is 0 Å². The minimum atomic E-state index is -1.14. The summed E-state index contributed by atoms with van der Waals surface area (Å²) in [5.74, 6) is -2.05. The van der Waals surface area contributed by atoms with Gasteiger partial charge in [0.05, 0.1) is 6.04 Å². The summed E-state index contributed by atoms with van der Waals surface area (Å²) in [5, 5.41) is 15.9. The van der Waals surface area contributed by atoms with Crippen molar-refractivity contribution in [2.45, 2.75) is 58.7 Å². The van der Waals surface area contributed by atoms with Crippen LogP contribution in [0.1, 0.15) is 39.7 Å². The van der Waals surface area contributed by atoms with Crippen molar-refractivity contribution < 1.29 is 19.5 Å². The monoisotopic (exact) mass is 416 g/mol. The lowest BCUT2D eigenvalue weighted by atomic mass is 9.99. The zero-order chi connectivity index (χ0) is 22.4. The van der Waals surface area contributed by atoms with Crippen molar-refractivity contribution in [3.8, 4) is 0 Å². The van der Waals surface area contributed by atoms with E-state index in [1.807, 2.05) is 52.0 Å². The third kappa shape index (κ3) is 6.06. The number of nitrogens with two attached hydrogens (primary N) is 1. The van der Waals surface area contributed by atoms with Crippen molar-refractivity contribution in [3.05, 3.63) is 36.0 Å². The molecule has 0 aliphatic heterocycles. The number of para-hydroxylation sites is 1. The summed E-state index contributed by atoms with van der Waals surface area (Å²) >= 11 is 0. The Kier molecular flexibility index (Phi) is 8.00. The van der Waals surface area contributed by atoms with Crippen molar-refractivity contribution in [1.29, 1.82) is 0 Å². The van der Waals surface area contributed by atoms with Crippen molar-refractivity contribution in [1.82, 2.24) is 15.6 Å². The number of benzene rings is 1. The molecule has 1 aromatic carbocycles. The van der Waals surface area contributed by atoms with E-state index in [-0.39, 0.29) is 18.3 Å². The van der Waals surface area contributed by atoms with Crippen molar-refractivity contribution in [3.63, 3.8) is 0 Å². The summed E-state index contributed by atoms with van der Waals surface area (Å²) in [5.41, 5.74) is 7.59. The quantitative estimate of drug-likeness (QED) is 0.402. The Bertz CT molecular complexity index is 890. The van der Waals surface area contributed by atoms with Gasteiger partial charge in [0.2, 0.25) is 11.8 Å². The van der Waals surface area contributed by atoms with E-state index < -0.39 is 35.9 Å². The molecule has 0 radical (unpaired) electrons. The van der Waals surface area contributed by atoms with E-state index in [9.17, 15) is 19.5 Å². The largest absolute Gasteiger partial charge is 0.480 e. The average molecular weight is 417 g/mol. The minimum absolute atomic E-state index is 0.0820. The molecule has 0 spiro atoms. The molecule has 164 valence electrons. The van der Waals surface area contributed by atoms with Crippen LogP contribution in [-0.2, 0) is 20.8 Å². The van der Waals surface area contributed by atoms with Gasteiger partial charge in [-0.3, -0.25) is 9.59 Å². The maximum absolute atomic E-state index is 12.9. The van der Waals surface area contributed by atoms with Crippen LogP contribution in [0.3, 0.4) is 0 Å². The Balaban J connectivity index is 2.15. The number of carboxylic acids is 1. The lowest BCUT2D eigenvalue weighted by Gasteiger charge is -2.25. The number of hydrogen-bond donors (Lipinski definition) is 5. The number of aliphatic carboxylic acids is 1. The second kappa shape index (κ2) is 10.2. The molecule has 0 fully saturated rings. The van der Waals surface area contributed by atoms with Crippen LogP contribution in [0.25, 0.3) is 10.9 Å². The Hall–Kier alpha value is -2.87. The Labute approximate surface area is 176 Å². The summed E-state index contributed by atoms with van der Waals surface area (Å²) in [6, 6.07) is 4.85. The molecule has 3 unspecified atom stereocenters. The molecule has 2 amide bonds. The second-order valence-electron chi connectivity index (χ2n) is 8.42. The van der Waals surface area contributed by atoms with Crippen LogP contribution in [0, 0.1) is 11.8 Å². The molecule has 1 aromatic heterocycles. The summed E-state index contributed by atoms with van der Waals surface area (Å²) in [6.45, 7) is 7.50. The number of carbonyl (C=O) groups is 3. The van der Waals surface area contributed by atoms with E-state index in [4.69, 9.17) is 5.73 Å². The summed E-state index contributed by atoms with van der Waals surface area (Å²) in [4.78, 5) is 40.2. The highest BCUT2D eigenvalue weighted by Gasteiger charge is 2.29. The molecule has 2 rings (SSSR count). The zero-order valence-electron chi connectivity index (χ0n) is 17.9. The summed E-state index contributed by atoms with van der Waals surface area (Å²) < 4.78 is 0. The number of carbonyl (C=O) groups excluding carboxylic acids is 2. The molecular formula is C22H32N4O4. The first kappa shape index (κ1) is 23.4. The number of aromatic amines is 1. The van der Waals surface area contributed by atoms with Gasteiger partial charge in [-0.05, 0) is 29.9 Å². The normalized spacial score (nSPS) is 14.5. The molecule has 0 saturated heterocycles. The molecule has 0 bridgehead atoms. The molecule has 2 aromatic rings. The molecule has 0 aliphatic rings. The van der Waals surface area contributed by atoms with Crippen LogP contribution in [0.4, 0.5) is 0 Å². The highest BCUT2D eigenvalue weighted by molar-refractivity contribution is 5.92. The average Bonchev–Trinajstić information content (AvgIpc) is 3.08. The van der Waals surface area contributed by atoms with Gasteiger partial charge in [-0.2, -0.15) is 0 Å². The Morgan fingerprint density at radius 1 is 1.03 bits per heavy atom. The van der Waals surface area contributed by atoms with Crippen molar-refractivity contribution >= 4 is 28.7 Å². The van der Waals surface area contributed by atoms with E-state index in [2.05, 4.69) is 15.6 Å². The third-order valence-electron chi connectivity index (χ3n) is 5.07. The smallest absolute Gasteiger partial charge is 0.326 e. The molecule has 0 aliphatic carbocycles. The fourth-order valence-corrected chi connectivity index (χ4v) is 3.27. The lowest BCUT2D eigenvalue weighted by Crippen LogP contribution is -2.55. The van der Waals surface area contributed by atoms with E-state index in [0.29, 0.717) is 6.42 Å². The topological polar surface area (TPSA) is 137 Å². The molecule has 8 heteroatoms. The fourth-order valence-electron chi connectivity index (χ4n) is 3.27. The van der Waals surface area contributed by atoms with E-state index in [1.165, 1.54) is 0 Å². The molecular weight excluding hydrogens is 384 g/mol. The number of H-pyrrole nitrogens is 1. The maximum Gasteiger partial charge on any atom is 0.326 e. The predicted molar refractivity (Wildman–Crippen MR) is 116 cm³/mol. The van der Waals surface area contributed by atoms with Gasteiger partial charge in [0, 0.05) is 23.5 Å². The predicted octanol–water partition coefficient (Wildman–Crippen LogP) is 1.79. The van der Waals surface area contributed by atoms with Gasteiger partial charge in [0.25, 0.3) is 0 Å². The van der Waals surface area contributed by atoms with Gasteiger partial charge in [-0.15, -0.1) is 0 Å². The van der Waals surface area contributed by atoms with E-state index in [1.54, 1.807) is 6.20 Å². The van der Waals surface area contributed by atoms with Crippen LogP contribution in [0.5, 0.6) is 0 Å². The van der Waals surface area contributed by atoms with Gasteiger partial charge in [-0.1, -0.05) is 45.9 Å². The van der Waals surface area contributed by atoms with E-state index >= 15 is 0 Å².